The van der Waals surface area contributed by atoms with E-state index in [4.69, 9.17) is 9.72 Å². The van der Waals surface area contributed by atoms with Gasteiger partial charge in [0.15, 0.2) is 0 Å². The molecule has 0 amide bonds. The first-order valence-corrected chi connectivity index (χ1v) is 10.7. The Morgan fingerprint density at radius 2 is 1.53 bits per heavy atom. The van der Waals surface area contributed by atoms with Crippen LogP contribution in [0.25, 0.3) is 46.4 Å². The molecule has 1 saturated heterocycles. The first kappa shape index (κ1) is 19.2. The Morgan fingerprint density at radius 1 is 0.844 bits per heavy atom. The zero-order valence-corrected chi connectivity index (χ0v) is 17.2. The van der Waals surface area contributed by atoms with Crippen LogP contribution in [0.2, 0.25) is 0 Å². The summed E-state index contributed by atoms with van der Waals surface area (Å²) >= 11 is 0. The first-order chi connectivity index (χ1) is 15.6. The van der Waals surface area contributed by atoms with E-state index in [9.17, 15) is 10.2 Å². The first-order valence-electron chi connectivity index (χ1n) is 10.7. The zero-order chi connectivity index (χ0) is 21.7. The molecule has 6 heterocycles. The SMILES string of the molecule is OC[C@H]1O[C@@H](c2c3nc(cc4nc(cc5ccc(cc6ccc2[nH]6)[nH]5)C=C4)C=C3)CC1O. The summed E-state index contributed by atoms with van der Waals surface area (Å²) in [6.45, 7) is -0.223. The van der Waals surface area contributed by atoms with Gasteiger partial charge in [-0.25, -0.2) is 9.97 Å². The third kappa shape index (κ3) is 3.46. The molecule has 3 aliphatic heterocycles. The van der Waals surface area contributed by atoms with Crippen molar-refractivity contribution in [2.24, 2.45) is 0 Å². The molecule has 7 heteroatoms. The quantitative estimate of drug-likeness (QED) is 0.343. The molecule has 1 fully saturated rings. The van der Waals surface area contributed by atoms with Crippen molar-refractivity contribution >= 4 is 46.4 Å². The predicted molar refractivity (Wildman–Crippen MR) is 124 cm³/mol. The van der Waals surface area contributed by atoms with Gasteiger partial charge in [0.05, 0.1) is 41.6 Å². The van der Waals surface area contributed by atoms with Crippen LogP contribution in [0.4, 0.5) is 0 Å². The number of aliphatic hydroxyl groups is 2. The fourth-order valence-electron chi connectivity index (χ4n) is 4.45. The summed E-state index contributed by atoms with van der Waals surface area (Å²) in [7, 11) is 0. The van der Waals surface area contributed by atoms with Gasteiger partial charge in [0.2, 0.25) is 0 Å². The van der Waals surface area contributed by atoms with Gasteiger partial charge in [0, 0.05) is 34.1 Å². The minimum atomic E-state index is -0.722. The van der Waals surface area contributed by atoms with Gasteiger partial charge >= 0.3 is 0 Å². The number of H-pyrrole nitrogens is 2. The van der Waals surface area contributed by atoms with Gasteiger partial charge in [-0.1, -0.05) is 0 Å². The molecule has 4 N–H and O–H groups in total. The van der Waals surface area contributed by atoms with Crippen molar-refractivity contribution in [1.29, 1.82) is 0 Å². The molecule has 6 rings (SSSR count). The summed E-state index contributed by atoms with van der Waals surface area (Å²) in [5.41, 5.74) is 7.90. The van der Waals surface area contributed by atoms with E-state index >= 15 is 0 Å². The summed E-state index contributed by atoms with van der Waals surface area (Å²) in [5, 5.41) is 19.9. The van der Waals surface area contributed by atoms with E-state index in [0.717, 1.165) is 50.4 Å². The van der Waals surface area contributed by atoms with E-state index in [0.29, 0.717) is 6.42 Å². The van der Waals surface area contributed by atoms with Crippen molar-refractivity contribution in [3.63, 3.8) is 0 Å². The van der Waals surface area contributed by atoms with Crippen LogP contribution >= 0.6 is 0 Å². The highest BCUT2D eigenvalue weighted by molar-refractivity contribution is 5.79. The second-order valence-electron chi connectivity index (χ2n) is 8.24. The fraction of sp³-hybridized carbons (Fsp3) is 0.200. The topological polar surface area (TPSA) is 107 Å². The van der Waals surface area contributed by atoms with E-state index in [1.165, 1.54) is 0 Å². The van der Waals surface area contributed by atoms with E-state index < -0.39 is 12.2 Å². The average Bonchev–Trinajstić information content (AvgIpc) is 3.58. The van der Waals surface area contributed by atoms with Gasteiger partial charge in [0.1, 0.15) is 6.10 Å². The summed E-state index contributed by atoms with van der Waals surface area (Å²) in [4.78, 5) is 16.3. The van der Waals surface area contributed by atoms with Crippen LogP contribution in [0.15, 0.2) is 42.5 Å². The van der Waals surface area contributed by atoms with Crippen LogP contribution in [0.3, 0.4) is 0 Å². The standard InChI is InChI=1S/C25H22N4O3/c30-13-24-22(31)12-23(32-24)25-20-7-5-18(28-20)10-16-3-1-14(26-16)9-15-2-4-17(27-15)11-19-6-8-21(25)29-19/h1-11,22-24,26,28,30-31H,12-13H2/t22?,23-,24-/m1/s1. The van der Waals surface area contributed by atoms with Gasteiger partial charge in [-0.15, -0.1) is 0 Å². The molecule has 7 nitrogen and oxygen atoms in total. The molecule has 32 heavy (non-hydrogen) atoms. The van der Waals surface area contributed by atoms with Gasteiger partial charge < -0.3 is 24.9 Å². The molecule has 0 aromatic carbocycles. The Morgan fingerprint density at radius 3 is 2.34 bits per heavy atom. The maximum absolute atomic E-state index is 10.3. The number of aromatic amines is 2. The fourth-order valence-corrected chi connectivity index (χ4v) is 4.45. The van der Waals surface area contributed by atoms with Crippen molar-refractivity contribution in [1.82, 2.24) is 19.9 Å². The second kappa shape index (κ2) is 7.56. The lowest BCUT2D eigenvalue weighted by Crippen LogP contribution is -2.24. The highest BCUT2D eigenvalue weighted by atomic mass is 16.5. The van der Waals surface area contributed by atoms with E-state index in [1.54, 1.807) is 0 Å². The van der Waals surface area contributed by atoms with Gasteiger partial charge in [-0.3, -0.25) is 0 Å². The van der Waals surface area contributed by atoms with E-state index in [2.05, 4.69) is 15.0 Å². The summed E-state index contributed by atoms with van der Waals surface area (Å²) in [5.74, 6) is 0. The molecule has 0 saturated carbocycles. The molecular formula is C25H22N4O3. The van der Waals surface area contributed by atoms with Crippen LogP contribution < -0.4 is 0 Å². The Bertz CT molecular complexity index is 1420. The van der Waals surface area contributed by atoms with Crippen LogP contribution in [0.5, 0.6) is 0 Å². The summed E-state index contributed by atoms with van der Waals surface area (Å²) in [6.07, 6.45) is 6.55. The average molecular weight is 426 g/mol. The second-order valence-corrected chi connectivity index (χ2v) is 8.24. The number of nitrogens with zero attached hydrogens (tertiary/aromatic N) is 2. The van der Waals surface area contributed by atoms with Crippen LogP contribution in [-0.2, 0) is 4.74 Å². The minimum Gasteiger partial charge on any atom is -0.394 e. The number of aromatic nitrogens is 4. The van der Waals surface area contributed by atoms with Crippen LogP contribution in [0, 0.1) is 0 Å². The normalized spacial score (nSPS) is 22.0. The van der Waals surface area contributed by atoms with Crippen LogP contribution in [-0.4, -0.2) is 49.0 Å². The number of hydrogen-bond donors (Lipinski definition) is 4. The van der Waals surface area contributed by atoms with E-state index in [1.807, 2.05) is 66.8 Å². The third-order valence-electron chi connectivity index (χ3n) is 5.99. The molecule has 3 atom stereocenters. The number of fused-ring (bicyclic) bond motifs is 8. The predicted octanol–water partition coefficient (Wildman–Crippen LogP) is 3.84. The summed E-state index contributed by atoms with van der Waals surface area (Å²) in [6, 6.07) is 14.0. The molecule has 1 unspecified atom stereocenters. The molecule has 160 valence electrons. The molecule has 0 aliphatic carbocycles. The number of hydrogen-bond acceptors (Lipinski definition) is 5. The van der Waals surface area contributed by atoms with Crippen molar-refractivity contribution in [2.75, 3.05) is 6.61 Å². The lowest BCUT2D eigenvalue weighted by molar-refractivity contribution is -0.0223. The van der Waals surface area contributed by atoms with Crippen molar-refractivity contribution in [2.45, 2.75) is 24.7 Å². The maximum Gasteiger partial charge on any atom is 0.107 e. The Hall–Kier alpha value is -3.52. The van der Waals surface area contributed by atoms with Crippen molar-refractivity contribution in [3.8, 4) is 0 Å². The minimum absolute atomic E-state index is 0.223. The van der Waals surface area contributed by atoms with Crippen molar-refractivity contribution < 1.29 is 14.9 Å². The van der Waals surface area contributed by atoms with Gasteiger partial charge in [0.25, 0.3) is 0 Å². The smallest absolute Gasteiger partial charge is 0.107 e. The van der Waals surface area contributed by atoms with Gasteiger partial charge in [-0.2, -0.15) is 0 Å². The Kier molecular flexibility index (Phi) is 4.53. The number of aliphatic hydroxyl groups excluding tert-OH is 2. The third-order valence-corrected chi connectivity index (χ3v) is 5.99. The maximum atomic E-state index is 10.3. The number of ether oxygens (including phenoxy) is 1. The molecule has 3 aromatic heterocycles. The molecule has 3 aliphatic rings. The zero-order valence-electron chi connectivity index (χ0n) is 17.2. The van der Waals surface area contributed by atoms with Gasteiger partial charge in [-0.05, 0) is 66.8 Å². The molecule has 0 spiro atoms. The molecule has 8 bridgehead atoms. The molecule has 0 radical (unpaired) electrons. The Balaban J connectivity index is 1.62. The largest absolute Gasteiger partial charge is 0.394 e. The highest BCUT2D eigenvalue weighted by Crippen LogP contribution is 2.37. The van der Waals surface area contributed by atoms with E-state index in [-0.39, 0.29) is 12.7 Å². The number of rotatable bonds is 2. The highest BCUT2D eigenvalue weighted by Gasteiger charge is 2.36. The lowest BCUT2D eigenvalue weighted by atomic mass is 10.0. The molecule has 3 aromatic rings. The molecular weight excluding hydrogens is 404 g/mol. The number of nitrogens with one attached hydrogen (secondary N) is 2. The van der Waals surface area contributed by atoms with Crippen molar-refractivity contribution in [3.05, 3.63) is 70.8 Å². The summed E-state index contributed by atoms with van der Waals surface area (Å²) < 4.78 is 6.01. The lowest BCUT2D eigenvalue weighted by Gasteiger charge is -2.13. The van der Waals surface area contributed by atoms with Crippen LogP contribution in [0.1, 0.15) is 40.9 Å². The Labute approximate surface area is 183 Å². The monoisotopic (exact) mass is 426 g/mol.